The van der Waals surface area contributed by atoms with E-state index >= 15 is 0 Å². The molecule has 1 atom stereocenters. The molecular weight excluding hydrogens is 232 g/mol. The summed E-state index contributed by atoms with van der Waals surface area (Å²) in [6.45, 7) is 1.60. The predicted octanol–water partition coefficient (Wildman–Crippen LogP) is 1.29. The summed E-state index contributed by atoms with van der Waals surface area (Å²) in [5, 5.41) is 0. The van der Waals surface area contributed by atoms with Crippen molar-refractivity contribution in [2.24, 2.45) is 0 Å². The summed E-state index contributed by atoms with van der Waals surface area (Å²) in [6, 6.07) is 0. The molecule has 16 heavy (non-hydrogen) atoms. The van der Waals surface area contributed by atoms with E-state index in [0.717, 1.165) is 38.5 Å². The van der Waals surface area contributed by atoms with Crippen LogP contribution in [0.5, 0.6) is 0 Å². The minimum Gasteiger partial charge on any atom is -0.353 e. The first-order chi connectivity index (χ1) is 7.58. The minimum absolute atomic E-state index is 0.0652. The molecule has 0 unspecified atom stereocenters. The highest BCUT2D eigenvalue weighted by Crippen LogP contribution is 2.13. The Morgan fingerprint density at radius 1 is 1.25 bits per heavy atom. The zero-order valence-corrected chi connectivity index (χ0v) is 10.5. The Kier molecular flexibility index (Phi) is 6.26. The molecule has 0 aromatic carbocycles. The van der Waals surface area contributed by atoms with Crippen LogP contribution in [0.1, 0.15) is 32.1 Å². The lowest BCUT2D eigenvalue weighted by molar-refractivity contribution is -0.162. The van der Waals surface area contributed by atoms with E-state index in [2.05, 4.69) is 4.18 Å². The number of hydrogen-bond acceptors (Lipinski definition) is 5. The highest BCUT2D eigenvalue weighted by atomic mass is 32.2. The first kappa shape index (κ1) is 13.9. The van der Waals surface area contributed by atoms with Gasteiger partial charge in [-0.1, -0.05) is 0 Å². The van der Waals surface area contributed by atoms with E-state index in [9.17, 15) is 8.42 Å². The van der Waals surface area contributed by atoms with Gasteiger partial charge >= 0.3 is 0 Å². The molecule has 1 saturated heterocycles. The van der Waals surface area contributed by atoms with Gasteiger partial charge in [-0.2, -0.15) is 8.42 Å². The van der Waals surface area contributed by atoms with Crippen molar-refractivity contribution in [3.63, 3.8) is 0 Å². The van der Waals surface area contributed by atoms with Crippen LogP contribution in [-0.2, 0) is 23.8 Å². The van der Waals surface area contributed by atoms with Gasteiger partial charge in [-0.05, 0) is 32.1 Å². The molecule has 0 N–H and O–H groups in total. The quantitative estimate of drug-likeness (QED) is 0.504. The average Bonchev–Trinajstić information content (AvgIpc) is 2.23. The summed E-state index contributed by atoms with van der Waals surface area (Å²) < 4.78 is 36.8. The summed E-state index contributed by atoms with van der Waals surface area (Å²) in [6.07, 6.45) is 5.68. The Balaban J connectivity index is 1.91. The zero-order chi connectivity index (χ0) is 11.9. The lowest BCUT2D eigenvalue weighted by atomic mass is 10.2. The van der Waals surface area contributed by atoms with Gasteiger partial charge in [0.15, 0.2) is 6.29 Å². The largest absolute Gasteiger partial charge is 0.353 e. The Morgan fingerprint density at radius 3 is 2.62 bits per heavy atom. The smallest absolute Gasteiger partial charge is 0.264 e. The van der Waals surface area contributed by atoms with Gasteiger partial charge in [0.2, 0.25) is 0 Å². The van der Waals surface area contributed by atoms with Crippen LogP contribution >= 0.6 is 0 Å². The van der Waals surface area contributed by atoms with Gasteiger partial charge in [-0.15, -0.1) is 0 Å². The van der Waals surface area contributed by atoms with Crippen molar-refractivity contribution < 1.29 is 22.1 Å². The van der Waals surface area contributed by atoms with E-state index in [-0.39, 0.29) is 12.9 Å². The van der Waals surface area contributed by atoms with Crippen LogP contribution < -0.4 is 0 Å². The monoisotopic (exact) mass is 252 g/mol. The lowest BCUT2D eigenvalue weighted by Crippen LogP contribution is -2.22. The lowest BCUT2D eigenvalue weighted by Gasteiger charge is -2.22. The van der Waals surface area contributed by atoms with E-state index in [0.29, 0.717) is 13.0 Å². The first-order valence-electron chi connectivity index (χ1n) is 5.65. The summed E-state index contributed by atoms with van der Waals surface area (Å²) in [4.78, 5) is 0. The van der Waals surface area contributed by atoms with Crippen LogP contribution in [0.2, 0.25) is 0 Å². The fourth-order valence-electron chi connectivity index (χ4n) is 1.47. The van der Waals surface area contributed by atoms with Crippen LogP contribution in [0.3, 0.4) is 0 Å². The summed E-state index contributed by atoms with van der Waals surface area (Å²) in [7, 11) is -3.30. The van der Waals surface area contributed by atoms with E-state index in [1.54, 1.807) is 0 Å². The second-order valence-electron chi connectivity index (χ2n) is 3.90. The normalized spacial score (nSPS) is 22.2. The van der Waals surface area contributed by atoms with Crippen LogP contribution in [0, 0.1) is 0 Å². The average molecular weight is 252 g/mol. The third kappa shape index (κ3) is 7.16. The molecule has 1 heterocycles. The second-order valence-corrected chi connectivity index (χ2v) is 5.54. The Bertz CT molecular complexity index is 269. The Hall–Kier alpha value is -0.170. The Morgan fingerprint density at radius 2 is 2.00 bits per heavy atom. The van der Waals surface area contributed by atoms with Crippen LogP contribution in [-0.4, -0.2) is 40.8 Å². The molecule has 6 heteroatoms. The molecule has 0 spiro atoms. The van der Waals surface area contributed by atoms with Gasteiger partial charge in [-0.25, -0.2) is 0 Å². The molecule has 96 valence electrons. The Labute approximate surface area is 97.2 Å². The van der Waals surface area contributed by atoms with E-state index in [4.69, 9.17) is 9.47 Å². The summed E-state index contributed by atoms with van der Waals surface area (Å²) >= 11 is 0. The van der Waals surface area contributed by atoms with Crippen molar-refractivity contribution in [3.05, 3.63) is 0 Å². The molecule has 0 aromatic rings. The number of hydrogen-bond donors (Lipinski definition) is 0. The molecule has 0 saturated carbocycles. The molecule has 0 amide bonds. The third-order valence-electron chi connectivity index (χ3n) is 2.28. The van der Waals surface area contributed by atoms with Crippen molar-refractivity contribution in [2.45, 2.75) is 38.4 Å². The maximum Gasteiger partial charge on any atom is 0.264 e. The third-order valence-corrected chi connectivity index (χ3v) is 2.87. The number of rotatable bonds is 7. The molecule has 0 aromatic heterocycles. The number of ether oxygens (including phenoxy) is 2. The van der Waals surface area contributed by atoms with Crippen LogP contribution in [0.15, 0.2) is 0 Å². The van der Waals surface area contributed by atoms with Gasteiger partial charge in [0, 0.05) is 13.2 Å². The molecular formula is C10H20O5S. The molecule has 0 bridgehead atoms. The molecule has 1 rings (SSSR count). The second kappa shape index (κ2) is 7.21. The highest BCUT2D eigenvalue weighted by molar-refractivity contribution is 7.85. The van der Waals surface area contributed by atoms with Gasteiger partial charge < -0.3 is 9.47 Å². The maximum absolute atomic E-state index is 10.6. The van der Waals surface area contributed by atoms with Gasteiger partial charge in [0.1, 0.15) is 0 Å². The van der Waals surface area contributed by atoms with E-state index in [1.807, 2.05) is 0 Å². The molecule has 5 nitrogen and oxygen atoms in total. The molecule has 1 fully saturated rings. The maximum atomic E-state index is 10.6. The zero-order valence-electron chi connectivity index (χ0n) is 9.68. The first-order valence-corrected chi connectivity index (χ1v) is 7.47. The van der Waals surface area contributed by atoms with Gasteiger partial charge in [0.25, 0.3) is 10.1 Å². The van der Waals surface area contributed by atoms with Gasteiger partial charge in [0.05, 0.1) is 12.9 Å². The van der Waals surface area contributed by atoms with Crippen LogP contribution in [0.4, 0.5) is 0 Å². The number of unbranched alkanes of at least 4 members (excludes halogenated alkanes) is 1. The van der Waals surface area contributed by atoms with Gasteiger partial charge in [-0.3, -0.25) is 4.18 Å². The van der Waals surface area contributed by atoms with Crippen LogP contribution in [0.25, 0.3) is 0 Å². The van der Waals surface area contributed by atoms with E-state index in [1.165, 1.54) is 0 Å². The minimum atomic E-state index is -3.30. The van der Waals surface area contributed by atoms with Crippen molar-refractivity contribution in [1.82, 2.24) is 0 Å². The molecule has 1 aliphatic rings. The predicted molar refractivity (Wildman–Crippen MR) is 59.6 cm³/mol. The van der Waals surface area contributed by atoms with E-state index < -0.39 is 10.1 Å². The van der Waals surface area contributed by atoms with Crippen molar-refractivity contribution in [1.29, 1.82) is 0 Å². The topological polar surface area (TPSA) is 61.8 Å². The molecule has 0 aliphatic carbocycles. The fourth-order valence-corrected chi connectivity index (χ4v) is 1.89. The molecule has 1 aliphatic heterocycles. The fraction of sp³-hybridized carbons (Fsp3) is 1.00. The standard InChI is InChI=1S/C10H20O5S/c1-16(11,12)15-9-5-4-8-14-10-6-2-3-7-13-10/h10H,2-9H2,1H3/t10-/m0/s1. The highest BCUT2D eigenvalue weighted by Gasteiger charge is 2.13. The SMILES string of the molecule is CS(=O)(=O)OCCCCO[C@H]1CCCCO1. The van der Waals surface area contributed by atoms with Crippen molar-refractivity contribution in [2.75, 3.05) is 26.1 Å². The molecule has 0 radical (unpaired) electrons. The summed E-state index contributed by atoms with van der Waals surface area (Å²) in [5.41, 5.74) is 0. The summed E-state index contributed by atoms with van der Waals surface area (Å²) in [5.74, 6) is 0. The van der Waals surface area contributed by atoms with Crippen molar-refractivity contribution >= 4 is 10.1 Å². The van der Waals surface area contributed by atoms with Crippen molar-refractivity contribution in [3.8, 4) is 0 Å².